The number of rotatable bonds is 5. The summed E-state index contributed by atoms with van der Waals surface area (Å²) in [6, 6.07) is 0.393. The van der Waals surface area contributed by atoms with E-state index < -0.39 is 0 Å². The summed E-state index contributed by atoms with van der Waals surface area (Å²) in [7, 11) is 0. The SMILES string of the molecule is O=C(Cc1csc(CN2CCOCC2)n1)NC1CCCC1. The van der Waals surface area contributed by atoms with Gasteiger partial charge in [0.2, 0.25) is 5.91 Å². The third-order valence-electron chi connectivity index (χ3n) is 4.12. The van der Waals surface area contributed by atoms with Gasteiger partial charge in [-0.3, -0.25) is 9.69 Å². The van der Waals surface area contributed by atoms with Crippen molar-refractivity contribution in [1.82, 2.24) is 15.2 Å². The molecule has 21 heavy (non-hydrogen) atoms. The van der Waals surface area contributed by atoms with Gasteiger partial charge in [0, 0.05) is 24.5 Å². The van der Waals surface area contributed by atoms with E-state index in [1.54, 1.807) is 11.3 Å². The average molecular weight is 309 g/mol. The molecule has 3 rings (SSSR count). The predicted molar refractivity (Wildman–Crippen MR) is 82.3 cm³/mol. The summed E-state index contributed by atoms with van der Waals surface area (Å²) in [5.74, 6) is 0.116. The van der Waals surface area contributed by atoms with Crippen LogP contribution in [0.2, 0.25) is 0 Å². The lowest BCUT2D eigenvalue weighted by atomic mass is 10.2. The molecule has 0 bridgehead atoms. The number of nitrogens with zero attached hydrogens (tertiary/aromatic N) is 2. The summed E-state index contributed by atoms with van der Waals surface area (Å²) in [5.41, 5.74) is 0.902. The fraction of sp³-hybridized carbons (Fsp3) is 0.733. The molecule has 0 atom stereocenters. The lowest BCUT2D eigenvalue weighted by Crippen LogP contribution is -2.35. The first kappa shape index (κ1) is 14.9. The maximum absolute atomic E-state index is 12.0. The molecule has 1 saturated heterocycles. The number of carbonyl (C=O) groups is 1. The minimum Gasteiger partial charge on any atom is -0.379 e. The number of thiazole rings is 1. The average Bonchev–Trinajstić information content (AvgIpc) is 3.12. The van der Waals surface area contributed by atoms with Crippen molar-refractivity contribution in [1.29, 1.82) is 0 Å². The maximum atomic E-state index is 12.0. The fourth-order valence-electron chi connectivity index (χ4n) is 2.97. The van der Waals surface area contributed by atoms with Crippen molar-refractivity contribution in [2.75, 3.05) is 26.3 Å². The highest BCUT2D eigenvalue weighted by molar-refractivity contribution is 7.09. The van der Waals surface area contributed by atoms with E-state index in [1.165, 1.54) is 12.8 Å². The zero-order chi connectivity index (χ0) is 14.5. The summed E-state index contributed by atoms with van der Waals surface area (Å²) < 4.78 is 5.35. The lowest BCUT2D eigenvalue weighted by molar-refractivity contribution is -0.121. The molecule has 6 heteroatoms. The van der Waals surface area contributed by atoms with Crippen LogP contribution in [0.5, 0.6) is 0 Å². The number of ether oxygens (including phenoxy) is 1. The standard InChI is InChI=1S/C15H23N3O2S/c19-14(16-12-3-1-2-4-12)9-13-11-21-15(17-13)10-18-5-7-20-8-6-18/h11-12H,1-10H2,(H,16,19). The van der Waals surface area contributed by atoms with Crippen LogP contribution in [0.1, 0.15) is 36.4 Å². The molecular formula is C15H23N3O2S. The van der Waals surface area contributed by atoms with E-state index in [2.05, 4.69) is 15.2 Å². The Bertz CT molecular complexity index is 465. The van der Waals surface area contributed by atoms with Gasteiger partial charge in [-0.15, -0.1) is 11.3 Å². The van der Waals surface area contributed by atoms with Gasteiger partial charge in [-0.25, -0.2) is 4.98 Å². The molecule has 2 fully saturated rings. The van der Waals surface area contributed by atoms with Gasteiger partial charge in [0.25, 0.3) is 0 Å². The van der Waals surface area contributed by atoms with Gasteiger partial charge in [-0.1, -0.05) is 12.8 Å². The Hall–Kier alpha value is -0.980. The molecule has 1 aromatic heterocycles. The van der Waals surface area contributed by atoms with Crippen molar-refractivity contribution in [3.63, 3.8) is 0 Å². The molecule has 0 radical (unpaired) electrons. The zero-order valence-corrected chi connectivity index (χ0v) is 13.2. The number of aromatic nitrogens is 1. The zero-order valence-electron chi connectivity index (χ0n) is 12.3. The van der Waals surface area contributed by atoms with Crippen LogP contribution in [0, 0.1) is 0 Å². The van der Waals surface area contributed by atoms with E-state index in [9.17, 15) is 4.79 Å². The Labute approximate surface area is 129 Å². The molecule has 1 amide bonds. The number of hydrogen-bond acceptors (Lipinski definition) is 5. The quantitative estimate of drug-likeness (QED) is 0.897. The largest absolute Gasteiger partial charge is 0.379 e. The number of hydrogen-bond donors (Lipinski definition) is 1. The summed E-state index contributed by atoms with van der Waals surface area (Å²) in [5, 5.41) is 6.23. The van der Waals surface area contributed by atoms with Gasteiger partial charge < -0.3 is 10.1 Å². The molecular weight excluding hydrogens is 286 g/mol. The molecule has 1 aliphatic heterocycles. The van der Waals surface area contributed by atoms with Gasteiger partial charge >= 0.3 is 0 Å². The van der Waals surface area contributed by atoms with Crippen LogP contribution < -0.4 is 5.32 Å². The molecule has 2 heterocycles. The van der Waals surface area contributed by atoms with Crippen LogP contribution >= 0.6 is 11.3 Å². The van der Waals surface area contributed by atoms with Crippen molar-refractivity contribution < 1.29 is 9.53 Å². The van der Waals surface area contributed by atoms with Crippen LogP contribution in [0.15, 0.2) is 5.38 Å². The van der Waals surface area contributed by atoms with Crippen LogP contribution in [0.3, 0.4) is 0 Å². The maximum Gasteiger partial charge on any atom is 0.226 e. The van der Waals surface area contributed by atoms with E-state index in [-0.39, 0.29) is 5.91 Å². The topological polar surface area (TPSA) is 54.5 Å². The van der Waals surface area contributed by atoms with E-state index in [0.717, 1.165) is 56.4 Å². The molecule has 5 nitrogen and oxygen atoms in total. The van der Waals surface area contributed by atoms with E-state index in [4.69, 9.17) is 4.74 Å². The Kier molecular flexibility index (Phi) is 5.22. The highest BCUT2D eigenvalue weighted by atomic mass is 32.1. The molecule has 0 aromatic carbocycles. The Balaban J connectivity index is 1.46. The first-order valence-corrected chi connectivity index (χ1v) is 8.70. The van der Waals surface area contributed by atoms with Crippen molar-refractivity contribution in [3.8, 4) is 0 Å². The van der Waals surface area contributed by atoms with Crippen LogP contribution in [0.25, 0.3) is 0 Å². The molecule has 0 unspecified atom stereocenters. The van der Waals surface area contributed by atoms with Crippen molar-refractivity contribution in [2.45, 2.75) is 44.7 Å². The Morgan fingerprint density at radius 3 is 2.90 bits per heavy atom. The Morgan fingerprint density at radius 1 is 1.38 bits per heavy atom. The summed E-state index contributed by atoms with van der Waals surface area (Å²) in [6.45, 7) is 4.43. The van der Waals surface area contributed by atoms with E-state index >= 15 is 0 Å². The second-order valence-electron chi connectivity index (χ2n) is 5.85. The normalized spacial score (nSPS) is 20.8. The summed E-state index contributed by atoms with van der Waals surface area (Å²) >= 11 is 1.65. The van der Waals surface area contributed by atoms with Crippen LogP contribution in [-0.4, -0.2) is 48.1 Å². The second-order valence-corrected chi connectivity index (χ2v) is 6.79. The minimum atomic E-state index is 0.116. The van der Waals surface area contributed by atoms with E-state index in [0.29, 0.717) is 12.5 Å². The second kappa shape index (κ2) is 7.33. The predicted octanol–water partition coefficient (Wildman–Crippen LogP) is 1.58. The third kappa shape index (κ3) is 4.49. The number of nitrogens with one attached hydrogen (secondary N) is 1. The summed E-state index contributed by atoms with van der Waals surface area (Å²) in [6.07, 6.45) is 5.16. The molecule has 1 aliphatic carbocycles. The lowest BCUT2D eigenvalue weighted by Gasteiger charge is -2.25. The van der Waals surface area contributed by atoms with Gasteiger partial charge in [0.05, 0.1) is 31.9 Å². The van der Waals surface area contributed by atoms with Crippen molar-refractivity contribution >= 4 is 17.2 Å². The fourth-order valence-corrected chi connectivity index (χ4v) is 3.80. The van der Waals surface area contributed by atoms with Gasteiger partial charge in [0.15, 0.2) is 0 Å². The van der Waals surface area contributed by atoms with Crippen molar-refractivity contribution in [3.05, 3.63) is 16.1 Å². The Morgan fingerprint density at radius 2 is 2.14 bits per heavy atom. The number of morpholine rings is 1. The first-order chi connectivity index (χ1) is 10.3. The van der Waals surface area contributed by atoms with Gasteiger partial charge in [0.1, 0.15) is 5.01 Å². The molecule has 116 valence electrons. The first-order valence-electron chi connectivity index (χ1n) is 7.82. The highest BCUT2D eigenvalue weighted by Crippen LogP contribution is 2.18. The van der Waals surface area contributed by atoms with Crippen LogP contribution in [0.4, 0.5) is 0 Å². The molecule has 0 spiro atoms. The third-order valence-corrected chi connectivity index (χ3v) is 5.01. The van der Waals surface area contributed by atoms with Gasteiger partial charge in [-0.05, 0) is 12.8 Å². The molecule has 1 aromatic rings. The van der Waals surface area contributed by atoms with Crippen molar-refractivity contribution in [2.24, 2.45) is 0 Å². The number of amides is 1. The summed E-state index contributed by atoms with van der Waals surface area (Å²) in [4.78, 5) is 18.9. The molecule has 1 N–H and O–H groups in total. The van der Waals surface area contributed by atoms with E-state index in [1.807, 2.05) is 5.38 Å². The molecule has 2 aliphatic rings. The van der Waals surface area contributed by atoms with Crippen LogP contribution in [-0.2, 0) is 22.5 Å². The smallest absolute Gasteiger partial charge is 0.226 e. The highest BCUT2D eigenvalue weighted by Gasteiger charge is 2.18. The number of carbonyl (C=O) groups excluding carboxylic acids is 1. The molecule has 1 saturated carbocycles. The van der Waals surface area contributed by atoms with Gasteiger partial charge in [-0.2, -0.15) is 0 Å². The minimum absolute atomic E-state index is 0.116. The monoisotopic (exact) mass is 309 g/mol.